The molecule has 2 rings (SSSR count). The van der Waals surface area contributed by atoms with Gasteiger partial charge in [0, 0.05) is 19.2 Å². The molecule has 2 heterocycles. The van der Waals surface area contributed by atoms with Crippen molar-refractivity contribution in [1.29, 1.82) is 0 Å². The molecule has 6 nitrogen and oxygen atoms in total. The van der Waals surface area contributed by atoms with Gasteiger partial charge in [0.1, 0.15) is 23.2 Å². The van der Waals surface area contributed by atoms with Crippen molar-refractivity contribution in [3.8, 4) is 0 Å². The number of halogens is 1. The van der Waals surface area contributed by atoms with Crippen LogP contribution in [0.4, 0.5) is 0 Å². The second-order valence-corrected chi connectivity index (χ2v) is 16.8. The molecule has 0 aliphatic rings. The Bertz CT molecular complexity index is 825. The topological polar surface area (TPSA) is 69.4 Å². The third-order valence-corrected chi connectivity index (χ3v) is 7.30. The molecule has 26 heavy (non-hydrogen) atoms. The van der Waals surface area contributed by atoms with E-state index in [4.69, 9.17) is 4.74 Å². The number of rotatable bonds is 7. The van der Waals surface area contributed by atoms with Crippen molar-refractivity contribution >= 4 is 52.2 Å². The van der Waals surface area contributed by atoms with Crippen molar-refractivity contribution in [2.75, 3.05) is 6.61 Å². The summed E-state index contributed by atoms with van der Waals surface area (Å²) in [7, 11) is -2.41. The van der Waals surface area contributed by atoms with Crippen LogP contribution in [0.25, 0.3) is 11.0 Å². The third-order valence-electron chi connectivity index (χ3n) is 3.61. The lowest BCUT2D eigenvalue weighted by molar-refractivity contribution is 0.0817. The predicted octanol–water partition coefficient (Wildman–Crippen LogP) is 4.39. The van der Waals surface area contributed by atoms with Crippen molar-refractivity contribution in [3.05, 3.63) is 22.4 Å². The van der Waals surface area contributed by atoms with E-state index in [1.54, 1.807) is 17.1 Å². The zero-order chi connectivity index (χ0) is 19.5. The van der Waals surface area contributed by atoms with Gasteiger partial charge in [0.2, 0.25) is 0 Å². The van der Waals surface area contributed by atoms with E-state index in [1.807, 2.05) is 26.8 Å². The summed E-state index contributed by atoms with van der Waals surface area (Å²) in [5.41, 5.74) is 2.28. The number of fused-ring (bicyclic) bond motifs is 1. The summed E-state index contributed by atoms with van der Waals surface area (Å²) in [5, 5.41) is 4.36. The normalized spacial score (nSPS) is 14.4. The van der Waals surface area contributed by atoms with Crippen LogP contribution in [0.2, 0.25) is 25.7 Å². The summed E-state index contributed by atoms with van der Waals surface area (Å²) in [6.45, 7) is 13.8. The Hall–Kier alpha value is -0.903. The van der Waals surface area contributed by atoms with Crippen LogP contribution in [0.5, 0.6) is 0 Å². The molecule has 0 aliphatic carbocycles. The van der Waals surface area contributed by atoms with E-state index in [-0.39, 0.29) is 0 Å². The Morgan fingerprint density at radius 1 is 1.38 bits per heavy atom. The number of ether oxygens (including phenoxy) is 1. The predicted molar refractivity (Wildman–Crippen MR) is 115 cm³/mol. The maximum absolute atomic E-state index is 12.1. The zero-order valence-electron chi connectivity index (χ0n) is 16.2. The fraction of sp³-hybridized carbons (Fsp3) is 0.588. The van der Waals surface area contributed by atoms with E-state index < -0.39 is 23.8 Å². The van der Waals surface area contributed by atoms with Gasteiger partial charge in [-0.25, -0.2) is 13.9 Å². The number of pyridine rings is 1. The van der Waals surface area contributed by atoms with Crippen molar-refractivity contribution in [2.24, 2.45) is 4.40 Å². The van der Waals surface area contributed by atoms with Crippen LogP contribution in [0, 0.1) is 0 Å². The first-order chi connectivity index (χ1) is 12.0. The second kappa shape index (κ2) is 8.41. The van der Waals surface area contributed by atoms with Gasteiger partial charge in [-0.3, -0.25) is 0 Å². The smallest absolute Gasteiger partial charge is 0.144 e. The molecule has 0 amide bonds. The average Bonchev–Trinajstić information content (AvgIpc) is 2.89. The van der Waals surface area contributed by atoms with Crippen molar-refractivity contribution in [1.82, 2.24) is 14.8 Å². The fourth-order valence-corrected chi connectivity index (χ4v) is 3.65. The van der Waals surface area contributed by atoms with Crippen LogP contribution < -0.4 is 0 Å². The minimum Gasteiger partial charge on any atom is -0.360 e. The molecule has 0 fully saturated rings. The molecule has 0 saturated heterocycles. The van der Waals surface area contributed by atoms with Crippen LogP contribution in [-0.2, 0) is 22.5 Å². The quantitative estimate of drug-likeness (QED) is 0.350. The number of nitrogens with zero attached hydrogens (tertiary/aromatic N) is 4. The van der Waals surface area contributed by atoms with E-state index in [1.165, 1.54) is 0 Å². The highest BCUT2D eigenvalue weighted by Gasteiger charge is 2.18. The van der Waals surface area contributed by atoms with Crippen molar-refractivity contribution < 1.29 is 8.95 Å². The first-order valence-corrected chi connectivity index (χ1v) is 14.1. The molecule has 0 radical (unpaired) electrons. The summed E-state index contributed by atoms with van der Waals surface area (Å²) in [4.78, 5) is 4.55. The number of hydrogen-bond acceptors (Lipinski definition) is 4. The minimum absolute atomic E-state index is 0.398. The molecule has 2 aromatic heterocycles. The largest absolute Gasteiger partial charge is 0.360 e. The van der Waals surface area contributed by atoms with Gasteiger partial charge in [-0.1, -0.05) is 19.6 Å². The fourth-order valence-electron chi connectivity index (χ4n) is 1.98. The molecule has 0 N–H and O–H groups in total. The van der Waals surface area contributed by atoms with Gasteiger partial charge in [0.15, 0.2) is 0 Å². The Kier molecular flexibility index (Phi) is 6.92. The molecule has 2 aromatic rings. The molecular formula is C17H27BrN4O2SSi. The summed E-state index contributed by atoms with van der Waals surface area (Å²) < 4.78 is 24.2. The van der Waals surface area contributed by atoms with E-state index in [2.05, 4.69) is 50.1 Å². The average molecular weight is 459 g/mol. The summed E-state index contributed by atoms with van der Waals surface area (Å²) >= 11 is 3.52. The standard InChI is InChI=1S/C17H27BrN4O2SSi/c1-17(2,3)25(23)20-11-14-13(18)9-16-15(21-14)10-19-22(16)12-24-7-8-26(4,5)6/h9-11H,7-8,12H2,1-6H3/b20-11+. The molecule has 0 aromatic carbocycles. The first-order valence-electron chi connectivity index (χ1n) is 8.53. The van der Waals surface area contributed by atoms with Gasteiger partial charge >= 0.3 is 0 Å². The molecular weight excluding hydrogens is 432 g/mol. The van der Waals surface area contributed by atoms with Gasteiger partial charge in [-0.05, 0) is 48.8 Å². The Morgan fingerprint density at radius 3 is 2.69 bits per heavy atom. The zero-order valence-corrected chi connectivity index (χ0v) is 19.6. The second-order valence-electron chi connectivity index (χ2n) is 8.35. The van der Waals surface area contributed by atoms with Crippen LogP contribution >= 0.6 is 15.9 Å². The van der Waals surface area contributed by atoms with Crippen LogP contribution in [-0.4, -0.2) is 44.6 Å². The lowest BCUT2D eigenvalue weighted by atomic mass is 10.3. The van der Waals surface area contributed by atoms with Crippen molar-refractivity contribution in [3.63, 3.8) is 0 Å². The molecule has 0 spiro atoms. The van der Waals surface area contributed by atoms with Crippen molar-refractivity contribution in [2.45, 2.75) is 57.9 Å². The van der Waals surface area contributed by atoms with E-state index in [0.717, 1.165) is 28.2 Å². The number of aromatic nitrogens is 3. The molecule has 0 bridgehead atoms. The van der Waals surface area contributed by atoms with Gasteiger partial charge in [0.25, 0.3) is 0 Å². The van der Waals surface area contributed by atoms with Gasteiger partial charge in [0.05, 0.1) is 28.4 Å². The van der Waals surface area contributed by atoms with Crippen LogP contribution in [0.15, 0.2) is 21.1 Å². The van der Waals surface area contributed by atoms with Gasteiger partial charge in [-0.2, -0.15) is 9.50 Å². The highest BCUT2D eigenvalue weighted by atomic mass is 79.9. The van der Waals surface area contributed by atoms with Crippen LogP contribution in [0.1, 0.15) is 26.5 Å². The maximum Gasteiger partial charge on any atom is 0.144 e. The molecule has 0 saturated carbocycles. The molecule has 1 atom stereocenters. The van der Waals surface area contributed by atoms with E-state index >= 15 is 0 Å². The minimum atomic E-state index is -1.32. The Labute approximate surface area is 167 Å². The molecule has 1 unspecified atom stereocenters. The highest BCUT2D eigenvalue weighted by molar-refractivity contribution is 9.10. The lowest BCUT2D eigenvalue weighted by Crippen LogP contribution is -2.22. The van der Waals surface area contributed by atoms with Gasteiger partial charge < -0.3 is 4.74 Å². The van der Waals surface area contributed by atoms with Gasteiger partial charge in [-0.15, -0.1) is 0 Å². The number of hydrogen-bond donors (Lipinski definition) is 0. The Morgan fingerprint density at radius 2 is 2.08 bits per heavy atom. The third kappa shape index (κ3) is 6.07. The monoisotopic (exact) mass is 458 g/mol. The van der Waals surface area contributed by atoms with E-state index in [9.17, 15) is 4.21 Å². The molecule has 144 valence electrons. The first kappa shape index (κ1) is 21.4. The van der Waals surface area contributed by atoms with Crippen LogP contribution in [0.3, 0.4) is 0 Å². The summed E-state index contributed by atoms with van der Waals surface area (Å²) in [5.74, 6) is 0. The molecule has 0 aliphatic heterocycles. The van der Waals surface area contributed by atoms with E-state index in [0.29, 0.717) is 12.4 Å². The highest BCUT2D eigenvalue weighted by Crippen LogP contribution is 2.21. The lowest BCUT2D eigenvalue weighted by Gasteiger charge is -2.15. The summed E-state index contributed by atoms with van der Waals surface area (Å²) in [6, 6.07) is 3.07. The summed E-state index contributed by atoms with van der Waals surface area (Å²) in [6.07, 6.45) is 3.26. The SMILES string of the molecule is CC(C)(C)S(=O)/N=C/c1nc2cnn(COCC[Si](C)(C)C)c2cc1Br. The maximum atomic E-state index is 12.1. The molecule has 9 heteroatoms. The Balaban J connectivity index is 2.13.